The first-order chi connectivity index (χ1) is 8.33. The van der Waals surface area contributed by atoms with Crippen LogP contribution in [0.1, 0.15) is 5.56 Å². The third kappa shape index (κ3) is 1.82. The average molecular weight is 235 g/mol. The second-order valence-corrected chi connectivity index (χ2v) is 3.43. The van der Waals surface area contributed by atoms with Crippen molar-refractivity contribution < 1.29 is 18.8 Å². The first-order valence-electron chi connectivity index (χ1n) is 4.92. The predicted octanol–water partition coefficient (Wildman–Crippen LogP) is 0.959. The molecule has 7 nitrogen and oxygen atoms in total. The summed E-state index contributed by atoms with van der Waals surface area (Å²) in [5.41, 5.74) is 6.37. The highest BCUT2D eigenvalue weighted by Gasteiger charge is 2.14. The largest absolute Gasteiger partial charge is 0.468 e. The Morgan fingerprint density at radius 3 is 2.94 bits per heavy atom. The molecule has 0 saturated heterocycles. The maximum absolute atomic E-state index is 5.46. The number of aromatic nitrogens is 2. The fraction of sp³-hybridized carbons (Fsp3) is 0.200. The first-order valence-corrected chi connectivity index (χ1v) is 4.92. The van der Waals surface area contributed by atoms with Crippen molar-refractivity contribution in [2.75, 3.05) is 12.5 Å². The summed E-state index contributed by atoms with van der Waals surface area (Å²) in [4.78, 5) is 0. The molecule has 0 atom stereocenters. The highest BCUT2D eigenvalue weighted by molar-refractivity contribution is 5.44. The first kappa shape index (κ1) is 9.76. The van der Waals surface area contributed by atoms with E-state index < -0.39 is 0 Å². The summed E-state index contributed by atoms with van der Waals surface area (Å²) in [5.74, 6) is 1.75. The van der Waals surface area contributed by atoms with E-state index in [1.54, 1.807) is 0 Å². The lowest BCUT2D eigenvalue weighted by atomic mass is 10.2. The van der Waals surface area contributed by atoms with E-state index in [9.17, 15) is 0 Å². The maximum atomic E-state index is 5.46. The van der Waals surface area contributed by atoms with Gasteiger partial charge in [-0.1, -0.05) is 6.07 Å². The lowest BCUT2D eigenvalue weighted by Crippen LogP contribution is -1.98. The minimum atomic E-state index is 0.130. The van der Waals surface area contributed by atoms with Gasteiger partial charge in [-0.05, 0) is 28.0 Å². The van der Waals surface area contributed by atoms with Crippen LogP contribution in [-0.2, 0) is 6.61 Å². The van der Waals surface area contributed by atoms with Gasteiger partial charge in [0, 0.05) is 0 Å². The summed E-state index contributed by atoms with van der Waals surface area (Å²) < 4.78 is 20.2. The van der Waals surface area contributed by atoms with Crippen LogP contribution in [-0.4, -0.2) is 17.1 Å². The molecule has 2 heterocycles. The van der Waals surface area contributed by atoms with Crippen LogP contribution in [0.15, 0.2) is 22.8 Å². The Hall–Kier alpha value is -2.44. The highest BCUT2D eigenvalue weighted by Crippen LogP contribution is 2.32. The molecule has 88 valence electrons. The van der Waals surface area contributed by atoms with Crippen LogP contribution >= 0.6 is 0 Å². The third-order valence-electron chi connectivity index (χ3n) is 2.29. The predicted molar refractivity (Wildman–Crippen MR) is 55.6 cm³/mol. The topological polar surface area (TPSA) is 92.6 Å². The molecular weight excluding hydrogens is 226 g/mol. The zero-order valence-corrected chi connectivity index (χ0v) is 8.75. The van der Waals surface area contributed by atoms with Crippen molar-refractivity contribution in [3.63, 3.8) is 0 Å². The van der Waals surface area contributed by atoms with Gasteiger partial charge in [-0.2, -0.15) is 0 Å². The Bertz CT molecular complexity index is 540. The number of hydrogen-bond donors (Lipinski definition) is 1. The van der Waals surface area contributed by atoms with Crippen LogP contribution in [0.3, 0.4) is 0 Å². The summed E-state index contributed by atoms with van der Waals surface area (Å²) in [6, 6.07) is 5.54. The lowest BCUT2D eigenvalue weighted by molar-refractivity contribution is 0.174. The van der Waals surface area contributed by atoms with Gasteiger partial charge in [0.15, 0.2) is 11.5 Å². The molecule has 2 aromatic rings. The Morgan fingerprint density at radius 1 is 1.24 bits per heavy atom. The quantitative estimate of drug-likeness (QED) is 0.846. The van der Waals surface area contributed by atoms with Crippen LogP contribution in [0, 0.1) is 0 Å². The maximum Gasteiger partial charge on any atom is 0.300 e. The molecule has 0 saturated carbocycles. The van der Waals surface area contributed by atoms with Crippen LogP contribution in [0.4, 0.5) is 5.82 Å². The number of benzene rings is 1. The second-order valence-electron chi connectivity index (χ2n) is 3.43. The zero-order valence-electron chi connectivity index (χ0n) is 8.75. The molecule has 0 aliphatic carbocycles. The van der Waals surface area contributed by atoms with Crippen LogP contribution in [0.25, 0.3) is 0 Å². The number of nitrogens with zero attached hydrogens (tertiary/aromatic N) is 2. The van der Waals surface area contributed by atoms with Crippen molar-refractivity contribution in [1.29, 1.82) is 0 Å². The van der Waals surface area contributed by atoms with Crippen molar-refractivity contribution >= 4 is 5.82 Å². The minimum absolute atomic E-state index is 0.130. The summed E-state index contributed by atoms with van der Waals surface area (Å²) >= 11 is 0. The summed E-state index contributed by atoms with van der Waals surface area (Å²) in [7, 11) is 0. The Balaban J connectivity index is 1.72. The summed E-state index contributed by atoms with van der Waals surface area (Å²) in [5, 5.41) is 6.92. The number of hydrogen-bond acceptors (Lipinski definition) is 7. The van der Waals surface area contributed by atoms with E-state index in [-0.39, 0.29) is 18.5 Å². The van der Waals surface area contributed by atoms with Crippen LogP contribution < -0.4 is 19.9 Å². The molecule has 0 bridgehead atoms. The van der Waals surface area contributed by atoms with Gasteiger partial charge < -0.3 is 19.9 Å². The number of fused-ring (bicyclic) bond motifs is 1. The van der Waals surface area contributed by atoms with Crippen molar-refractivity contribution in [3.05, 3.63) is 23.8 Å². The summed E-state index contributed by atoms with van der Waals surface area (Å²) in [6.45, 7) is 0.550. The van der Waals surface area contributed by atoms with Crippen LogP contribution in [0.2, 0.25) is 0 Å². The molecule has 7 heteroatoms. The van der Waals surface area contributed by atoms with Crippen molar-refractivity contribution in [2.24, 2.45) is 0 Å². The normalized spacial score (nSPS) is 12.7. The summed E-state index contributed by atoms with van der Waals surface area (Å²) in [6.07, 6.45) is 0. The monoisotopic (exact) mass is 235 g/mol. The molecular formula is C10H9N3O4. The number of ether oxygens (including phenoxy) is 3. The van der Waals surface area contributed by atoms with E-state index in [2.05, 4.69) is 14.9 Å². The Morgan fingerprint density at radius 2 is 2.12 bits per heavy atom. The molecule has 0 spiro atoms. The number of anilines is 1. The molecule has 0 amide bonds. The SMILES string of the molecule is Nc1nonc1OCc1ccc2c(c1)OCO2. The van der Waals surface area contributed by atoms with Gasteiger partial charge in [0.1, 0.15) is 6.61 Å². The van der Waals surface area contributed by atoms with Gasteiger partial charge in [0.25, 0.3) is 0 Å². The van der Waals surface area contributed by atoms with Crippen molar-refractivity contribution in [3.8, 4) is 17.4 Å². The molecule has 0 fully saturated rings. The van der Waals surface area contributed by atoms with Gasteiger partial charge >= 0.3 is 5.88 Å². The fourth-order valence-corrected chi connectivity index (χ4v) is 1.47. The zero-order chi connectivity index (χ0) is 11.7. The molecule has 17 heavy (non-hydrogen) atoms. The van der Waals surface area contributed by atoms with Gasteiger partial charge in [-0.15, -0.1) is 0 Å². The van der Waals surface area contributed by atoms with E-state index in [0.29, 0.717) is 12.4 Å². The number of nitrogens with two attached hydrogens (primary N) is 1. The fourth-order valence-electron chi connectivity index (χ4n) is 1.47. The van der Waals surface area contributed by atoms with E-state index in [4.69, 9.17) is 19.9 Å². The third-order valence-corrected chi connectivity index (χ3v) is 2.29. The average Bonchev–Trinajstić information content (AvgIpc) is 2.94. The standard InChI is InChI=1S/C10H9N3O4/c11-9-10(13-17-12-9)14-4-6-1-2-7-8(3-6)16-5-15-7/h1-3H,4-5H2,(H2,11,12). The minimum Gasteiger partial charge on any atom is -0.468 e. The second kappa shape index (κ2) is 3.85. The van der Waals surface area contributed by atoms with Gasteiger partial charge in [0.05, 0.1) is 0 Å². The van der Waals surface area contributed by atoms with E-state index in [1.165, 1.54) is 0 Å². The lowest BCUT2D eigenvalue weighted by Gasteiger charge is -2.03. The molecule has 3 rings (SSSR count). The molecule has 1 aromatic carbocycles. The van der Waals surface area contributed by atoms with Gasteiger partial charge in [-0.3, -0.25) is 0 Å². The smallest absolute Gasteiger partial charge is 0.300 e. The van der Waals surface area contributed by atoms with Crippen LogP contribution in [0.5, 0.6) is 17.4 Å². The van der Waals surface area contributed by atoms with E-state index in [1.807, 2.05) is 18.2 Å². The van der Waals surface area contributed by atoms with E-state index >= 15 is 0 Å². The number of rotatable bonds is 3. The molecule has 1 aliphatic rings. The molecule has 1 aromatic heterocycles. The number of nitrogen functional groups attached to an aromatic ring is 1. The highest BCUT2D eigenvalue weighted by atomic mass is 16.7. The van der Waals surface area contributed by atoms with Crippen molar-refractivity contribution in [1.82, 2.24) is 10.3 Å². The Labute approximate surface area is 96.0 Å². The van der Waals surface area contributed by atoms with Gasteiger partial charge in [0.2, 0.25) is 12.6 Å². The van der Waals surface area contributed by atoms with E-state index in [0.717, 1.165) is 11.3 Å². The van der Waals surface area contributed by atoms with Gasteiger partial charge in [-0.25, -0.2) is 4.63 Å². The molecule has 0 radical (unpaired) electrons. The molecule has 0 unspecified atom stereocenters. The molecule has 1 aliphatic heterocycles. The Kier molecular flexibility index (Phi) is 2.21. The molecule has 2 N–H and O–H groups in total. The van der Waals surface area contributed by atoms with Crippen molar-refractivity contribution in [2.45, 2.75) is 6.61 Å².